The number of rotatable bonds is 4. The van der Waals surface area contributed by atoms with E-state index in [1.807, 2.05) is 6.20 Å². The van der Waals surface area contributed by atoms with Gasteiger partial charge >= 0.3 is 0 Å². The summed E-state index contributed by atoms with van der Waals surface area (Å²) >= 11 is 0. The van der Waals surface area contributed by atoms with Crippen molar-refractivity contribution in [1.82, 2.24) is 14.9 Å². The zero-order valence-electron chi connectivity index (χ0n) is 16.0. The lowest BCUT2D eigenvalue weighted by molar-refractivity contribution is 0.0740. The van der Waals surface area contributed by atoms with Crippen LogP contribution in [-0.4, -0.2) is 72.3 Å². The summed E-state index contributed by atoms with van der Waals surface area (Å²) in [5.74, 6) is 1.07. The van der Waals surface area contributed by atoms with Crippen LogP contribution in [0.1, 0.15) is 23.3 Å². The third kappa shape index (κ3) is 3.67. The lowest BCUT2D eigenvalue weighted by Gasteiger charge is -2.36. The lowest BCUT2D eigenvalue weighted by Crippen LogP contribution is -2.49. The van der Waals surface area contributed by atoms with E-state index in [0.717, 1.165) is 37.7 Å². The van der Waals surface area contributed by atoms with Crippen LogP contribution in [0.15, 0.2) is 30.6 Å². The van der Waals surface area contributed by atoms with Gasteiger partial charge in [-0.05, 0) is 25.0 Å². The fourth-order valence-electron chi connectivity index (χ4n) is 3.74. The zero-order valence-corrected chi connectivity index (χ0v) is 16.0. The number of aromatic hydroxyl groups is 1. The Kier molecular flexibility index (Phi) is 5.18. The standard InChI is InChI=1S/C20H25N5O3/c1-28-18-12-16(21-14-17(18)26)20(27)25-10-8-23(9-11-25)15-4-5-19(22-13-15)24-6-2-3-7-24/h4-5,12-14,26H,2-3,6-11H2,1H3. The molecule has 0 aromatic carbocycles. The second-order valence-electron chi connectivity index (χ2n) is 7.09. The highest BCUT2D eigenvalue weighted by Crippen LogP contribution is 2.26. The number of methoxy groups -OCH3 is 1. The van der Waals surface area contributed by atoms with Gasteiger partial charge in [0.2, 0.25) is 0 Å². The Hall–Kier alpha value is -3.03. The monoisotopic (exact) mass is 383 g/mol. The molecule has 2 aromatic rings. The van der Waals surface area contributed by atoms with Crippen molar-refractivity contribution in [2.45, 2.75) is 12.8 Å². The maximum atomic E-state index is 12.7. The fraction of sp³-hybridized carbons (Fsp3) is 0.450. The van der Waals surface area contributed by atoms with Gasteiger partial charge in [0.05, 0.1) is 25.2 Å². The molecule has 148 valence electrons. The Morgan fingerprint density at radius 2 is 1.75 bits per heavy atom. The van der Waals surface area contributed by atoms with Crippen molar-refractivity contribution in [1.29, 1.82) is 0 Å². The molecule has 1 amide bonds. The highest BCUT2D eigenvalue weighted by Gasteiger charge is 2.24. The molecule has 0 bridgehead atoms. The van der Waals surface area contributed by atoms with Crippen molar-refractivity contribution < 1.29 is 14.6 Å². The summed E-state index contributed by atoms with van der Waals surface area (Å²) in [5, 5.41) is 9.65. The van der Waals surface area contributed by atoms with Crippen molar-refractivity contribution in [3.05, 3.63) is 36.3 Å². The summed E-state index contributed by atoms with van der Waals surface area (Å²) in [6.45, 7) is 4.87. The van der Waals surface area contributed by atoms with Crippen LogP contribution in [0.4, 0.5) is 11.5 Å². The van der Waals surface area contributed by atoms with Crippen LogP contribution < -0.4 is 14.5 Å². The van der Waals surface area contributed by atoms with Crippen LogP contribution in [0, 0.1) is 0 Å². The molecule has 0 atom stereocenters. The van der Waals surface area contributed by atoms with Crippen molar-refractivity contribution in [3.63, 3.8) is 0 Å². The van der Waals surface area contributed by atoms with Crippen molar-refractivity contribution in [2.75, 3.05) is 56.2 Å². The molecule has 0 aliphatic carbocycles. The van der Waals surface area contributed by atoms with E-state index in [9.17, 15) is 9.90 Å². The minimum Gasteiger partial charge on any atom is -0.503 e. The minimum absolute atomic E-state index is 0.0752. The van der Waals surface area contributed by atoms with Gasteiger partial charge in [0.1, 0.15) is 11.5 Å². The predicted molar refractivity (Wildman–Crippen MR) is 106 cm³/mol. The Morgan fingerprint density at radius 1 is 1.00 bits per heavy atom. The summed E-state index contributed by atoms with van der Waals surface area (Å²) in [4.78, 5) is 27.7. The molecule has 28 heavy (non-hydrogen) atoms. The number of piperazine rings is 1. The van der Waals surface area contributed by atoms with E-state index in [2.05, 4.69) is 31.9 Å². The van der Waals surface area contributed by atoms with E-state index in [0.29, 0.717) is 13.1 Å². The number of anilines is 2. The molecule has 8 nitrogen and oxygen atoms in total. The van der Waals surface area contributed by atoms with E-state index < -0.39 is 0 Å². The molecule has 2 fully saturated rings. The first-order chi connectivity index (χ1) is 13.7. The third-order valence-electron chi connectivity index (χ3n) is 5.38. The highest BCUT2D eigenvalue weighted by atomic mass is 16.5. The summed E-state index contributed by atoms with van der Waals surface area (Å²) in [6, 6.07) is 5.68. The van der Waals surface area contributed by atoms with Gasteiger partial charge in [-0.2, -0.15) is 0 Å². The molecule has 0 radical (unpaired) electrons. The molecule has 2 aliphatic rings. The molecule has 2 aliphatic heterocycles. The molecule has 0 spiro atoms. The second-order valence-corrected chi connectivity index (χ2v) is 7.09. The van der Waals surface area contributed by atoms with Crippen molar-refractivity contribution >= 4 is 17.4 Å². The normalized spacial score (nSPS) is 17.1. The van der Waals surface area contributed by atoms with Crippen LogP contribution in [0.2, 0.25) is 0 Å². The van der Waals surface area contributed by atoms with Gasteiger partial charge in [-0.1, -0.05) is 0 Å². The number of ether oxygens (including phenoxy) is 1. The van der Waals surface area contributed by atoms with E-state index in [-0.39, 0.29) is 23.1 Å². The molecular weight excluding hydrogens is 358 g/mol. The van der Waals surface area contributed by atoms with Gasteiger partial charge in [0.15, 0.2) is 11.5 Å². The van der Waals surface area contributed by atoms with Gasteiger partial charge in [0.25, 0.3) is 5.91 Å². The van der Waals surface area contributed by atoms with Crippen molar-refractivity contribution in [3.8, 4) is 11.5 Å². The molecule has 0 unspecified atom stereocenters. The molecular formula is C20H25N5O3. The number of hydrogen-bond donors (Lipinski definition) is 1. The van der Waals surface area contributed by atoms with Crippen LogP contribution in [0.25, 0.3) is 0 Å². The van der Waals surface area contributed by atoms with Crippen LogP contribution in [0.5, 0.6) is 11.5 Å². The Labute approximate surface area is 164 Å². The number of carbonyl (C=O) groups is 1. The van der Waals surface area contributed by atoms with Gasteiger partial charge in [-0.3, -0.25) is 4.79 Å². The SMILES string of the molecule is COc1cc(C(=O)N2CCN(c3ccc(N4CCCC4)nc3)CC2)ncc1O. The Bertz CT molecular complexity index is 828. The highest BCUT2D eigenvalue weighted by molar-refractivity contribution is 5.93. The number of aromatic nitrogens is 2. The third-order valence-corrected chi connectivity index (χ3v) is 5.38. The Morgan fingerprint density at radius 3 is 2.39 bits per heavy atom. The molecule has 2 aromatic heterocycles. The molecule has 4 rings (SSSR count). The largest absolute Gasteiger partial charge is 0.503 e. The maximum Gasteiger partial charge on any atom is 0.272 e. The lowest BCUT2D eigenvalue weighted by atomic mass is 10.2. The van der Waals surface area contributed by atoms with Gasteiger partial charge in [0, 0.05) is 45.3 Å². The Balaban J connectivity index is 1.37. The van der Waals surface area contributed by atoms with E-state index >= 15 is 0 Å². The first-order valence-electron chi connectivity index (χ1n) is 9.64. The summed E-state index contributed by atoms with van der Waals surface area (Å²) < 4.78 is 5.07. The van der Waals surface area contributed by atoms with Crippen molar-refractivity contribution in [2.24, 2.45) is 0 Å². The fourth-order valence-corrected chi connectivity index (χ4v) is 3.74. The van der Waals surface area contributed by atoms with Gasteiger partial charge < -0.3 is 24.5 Å². The quantitative estimate of drug-likeness (QED) is 0.861. The average molecular weight is 383 g/mol. The summed E-state index contributed by atoms with van der Waals surface area (Å²) in [7, 11) is 1.45. The van der Waals surface area contributed by atoms with Crippen LogP contribution in [0.3, 0.4) is 0 Å². The van der Waals surface area contributed by atoms with E-state index in [4.69, 9.17) is 4.74 Å². The van der Waals surface area contributed by atoms with Crippen LogP contribution in [-0.2, 0) is 0 Å². The molecule has 2 saturated heterocycles. The second kappa shape index (κ2) is 7.92. The predicted octanol–water partition coefficient (Wildman–Crippen LogP) is 1.75. The maximum absolute atomic E-state index is 12.7. The molecule has 8 heteroatoms. The number of amides is 1. The first kappa shape index (κ1) is 18.3. The van der Waals surface area contributed by atoms with E-state index in [1.165, 1.54) is 32.2 Å². The number of hydrogen-bond acceptors (Lipinski definition) is 7. The smallest absolute Gasteiger partial charge is 0.272 e. The minimum atomic E-state index is -0.152. The first-order valence-corrected chi connectivity index (χ1v) is 9.64. The number of nitrogens with zero attached hydrogens (tertiary/aromatic N) is 5. The van der Waals surface area contributed by atoms with Gasteiger partial charge in [-0.15, -0.1) is 0 Å². The number of pyridine rings is 2. The number of carbonyl (C=O) groups excluding carboxylic acids is 1. The van der Waals surface area contributed by atoms with E-state index in [1.54, 1.807) is 4.90 Å². The van der Waals surface area contributed by atoms with Crippen LogP contribution >= 0.6 is 0 Å². The van der Waals surface area contributed by atoms with Gasteiger partial charge in [-0.25, -0.2) is 9.97 Å². The topological polar surface area (TPSA) is 82.0 Å². The summed E-state index contributed by atoms with van der Waals surface area (Å²) in [6.07, 6.45) is 5.65. The summed E-state index contributed by atoms with van der Waals surface area (Å²) in [5.41, 5.74) is 1.36. The average Bonchev–Trinajstić information content (AvgIpc) is 3.29. The zero-order chi connectivity index (χ0) is 19.5. The molecule has 4 heterocycles. The molecule has 0 saturated carbocycles. The molecule has 1 N–H and O–H groups in total.